The fourth-order valence-corrected chi connectivity index (χ4v) is 1.73. The first-order chi connectivity index (χ1) is 9.20. The lowest BCUT2D eigenvalue weighted by molar-refractivity contribution is 0.103. The van der Waals surface area contributed by atoms with Gasteiger partial charge in [-0.25, -0.2) is 0 Å². The highest BCUT2D eigenvalue weighted by Crippen LogP contribution is 2.15. The molecule has 0 bridgehead atoms. The van der Waals surface area contributed by atoms with Crippen LogP contribution in [0.5, 0.6) is 5.75 Å². The standard InChI is InChI=1S/C14H13BrN2O2/c1-2-5-19-12-6-10(7-16-9-12)14(18)13-4-3-11(15)8-17-13/h3-4,6-9H,2,5H2,1H3. The second-order valence-corrected chi connectivity index (χ2v) is 4.86. The zero-order valence-electron chi connectivity index (χ0n) is 10.5. The monoisotopic (exact) mass is 320 g/mol. The normalized spacial score (nSPS) is 10.2. The molecule has 4 nitrogen and oxygen atoms in total. The Morgan fingerprint density at radius 3 is 2.84 bits per heavy atom. The summed E-state index contributed by atoms with van der Waals surface area (Å²) in [4.78, 5) is 20.3. The van der Waals surface area contributed by atoms with Crippen molar-refractivity contribution in [3.63, 3.8) is 0 Å². The van der Waals surface area contributed by atoms with Gasteiger partial charge in [-0.15, -0.1) is 0 Å². The Morgan fingerprint density at radius 1 is 1.32 bits per heavy atom. The van der Waals surface area contributed by atoms with Crippen LogP contribution < -0.4 is 4.74 Å². The Balaban J connectivity index is 2.21. The van der Waals surface area contributed by atoms with Gasteiger partial charge in [0.1, 0.15) is 11.4 Å². The summed E-state index contributed by atoms with van der Waals surface area (Å²) in [5.74, 6) is 0.437. The van der Waals surface area contributed by atoms with Crippen molar-refractivity contribution in [3.8, 4) is 5.75 Å². The van der Waals surface area contributed by atoms with Gasteiger partial charge in [-0.3, -0.25) is 14.8 Å². The predicted octanol–water partition coefficient (Wildman–Crippen LogP) is 3.26. The molecule has 0 unspecified atom stereocenters. The largest absolute Gasteiger partial charge is 0.492 e. The molecule has 2 aromatic heterocycles. The molecule has 0 radical (unpaired) electrons. The summed E-state index contributed by atoms with van der Waals surface area (Å²) < 4.78 is 6.29. The summed E-state index contributed by atoms with van der Waals surface area (Å²) in [6.07, 6.45) is 5.62. The molecule has 0 aromatic carbocycles. The fraction of sp³-hybridized carbons (Fsp3) is 0.214. The highest BCUT2D eigenvalue weighted by Gasteiger charge is 2.11. The number of rotatable bonds is 5. The number of pyridine rings is 2. The molecule has 0 amide bonds. The molecule has 2 heterocycles. The fourth-order valence-electron chi connectivity index (χ4n) is 1.50. The number of halogens is 1. The van der Waals surface area contributed by atoms with Crippen LogP contribution in [0.3, 0.4) is 0 Å². The summed E-state index contributed by atoms with van der Waals surface area (Å²) in [5, 5.41) is 0. The van der Waals surface area contributed by atoms with Gasteiger partial charge >= 0.3 is 0 Å². The van der Waals surface area contributed by atoms with Crippen molar-refractivity contribution < 1.29 is 9.53 Å². The third-order valence-corrected chi connectivity index (χ3v) is 2.88. The third-order valence-electron chi connectivity index (χ3n) is 2.41. The molecule has 0 aliphatic carbocycles. The summed E-state index contributed by atoms with van der Waals surface area (Å²) in [6, 6.07) is 5.14. The lowest BCUT2D eigenvalue weighted by atomic mass is 10.1. The zero-order chi connectivity index (χ0) is 13.7. The molecule has 0 saturated heterocycles. The minimum atomic E-state index is -0.165. The van der Waals surface area contributed by atoms with Gasteiger partial charge < -0.3 is 4.74 Å². The molecule has 2 rings (SSSR count). The van der Waals surface area contributed by atoms with Crippen LogP contribution in [0, 0.1) is 0 Å². The van der Waals surface area contributed by atoms with Crippen LogP contribution >= 0.6 is 15.9 Å². The van der Waals surface area contributed by atoms with Gasteiger partial charge in [0.15, 0.2) is 0 Å². The van der Waals surface area contributed by atoms with Gasteiger partial charge in [-0.1, -0.05) is 6.92 Å². The maximum absolute atomic E-state index is 12.2. The molecule has 0 spiro atoms. The maximum Gasteiger partial charge on any atom is 0.213 e. The molecule has 0 atom stereocenters. The van der Waals surface area contributed by atoms with Gasteiger partial charge in [0, 0.05) is 22.4 Å². The van der Waals surface area contributed by atoms with Crippen LogP contribution in [0.2, 0.25) is 0 Å². The Morgan fingerprint density at radius 2 is 2.16 bits per heavy atom. The number of carbonyl (C=O) groups is 1. The summed E-state index contributed by atoms with van der Waals surface area (Å²) in [6.45, 7) is 2.63. The van der Waals surface area contributed by atoms with E-state index < -0.39 is 0 Å². The van der Waals surface area contributed by atoms with E-state index in [1.807, 2.05) is 6.92 Å². The Hall–Kier alpha value is -1.75. The van der Waals surface area contributed by atoms with Crippen molar-refractivity contribution in [1.29, 1.82) is 0 Å². The first kappa shape index (κ1) is 13.7. The molecular weight excluding hydrogens is 308 g/mol. The third kappa shape index (κ3) is 3.61. The van der Waals surface area contributed by atoms with Crippen molar-refractivity contribution in [3.05, 3.63) is 52.5 Å². The molecule has 0 N–H and O–H groups in total. The average molecular weight is 321 g/mol. The van der Waals surface area contributed by atoms with Gasteiger partial charge in [0.2, 0.25) is 5.78 Å². The average Bonchev–Trinajstić information content (AvgIpc) is 2.45. The molecule has 0 saturated carbocycles. The van der Waals surface area contributed by atoms with Crippen LogP contribution in [-0.4, -0.2) is 22.4 Å². The van der Waals surface area contributed by atoms with Crippen molar-refractivity contribution in [2.75, 3.05) is 6.61 Å². The van der Waals surface area contributed by atoms with Crippen LogP contribution in [0.1, 0.15) is 29.4 Å². The van der Waals surface area contributed by atoms with Crippen LogP contribution in [0.15, 0.2) is 41.3 Å². The first-order valence-corrected chi connectivity index (χ1v) is 6.74. The summed E-state index contributed by atoms with van der Waals surface area (Å²) in [7, 11) is 0. The van der Waals surface area contributed by atoms with E-state index in [1.165, 1.54) is 6.20 Å². The molecule has 0 fully saturated rings. The van der Waals surface area contributed by atoms with Gasteiger partial charge in [0.05, 0.1) is 12.8 Å². The molecule has 0 aliphatic rings. The highest BCUT2D eigenvalue weighted by molar-refractivity contribution is 9.10. The highest BCUT2D eigenvalue weighted by atomic mass is 79.9. The van der Waals surface area contributed by atoms with E-state index in [9.17, 15) is 4.79 Å². The minimum absolute atomic E-state index is 0.165. The molecular formula is C14H13BrN2O2. The van der Waals surface area contributed by atoms with E-state index in [1.54, 1.807) is 30.6 Å². The van der Waals surface area contributed by atoms with Gasteiger partial charge in [0.25, 0.3) is 0 Å². The second kappa shape index (κ2) is 6.43. The first-order valence-electron chi connectivity index (χ1n) is 5.95. The van der Waals surface area contributed by atoms with E-state index in [4.69, 9.17) is 4.74 Å². The smallest absolute Gasteiger partial charge is 0.213 e. The van der Waals surface area contributed by atoms with E-state index >= 15 is 0 Å². The topological polar surface area (TPSA) is 52.1 Å². The Kier molecular flexibility index (Phi) is 4.63. The number of ketones is 1. The van der Waals surface area contributed by atoms with Gasteiger partial charge in [-0.05, 0) is 40.5 Å². The van der Waals surface area contributed by atoms with Crippen LogP contribution in [0.4, 0.5) is 0 Å². The SMILES string of the molecule is CCCOc1cncc(C(=O)c2ccc(Br)cn2)c1. The van der Waals surface area contributed by atoms with E-state index in [0.717, 1.165) is 10.9 Å². The van der Waals surface area contributed by atoms with Gasteiger partial charge in [-0.2, -0.15) is 0 Å². The van der Waals surface area contributed by atoms with Crippen molar-refractivity contribution in [2.24, 2.45) is 0 Å². The number of hydrogen-bond acceptors (Lipinski definition) is 4. The Labute approximate surface area is 120 Å². The van der Waals surface area contributed by atoms with Crippen molar-refractivity contribution in [1.82, 2.24) is 9.97 Å². The predicted molar refractivity (Wildman–Crippen MR) is 75.4 cm³/mol. The number of carbonyl (C=O) groups excluding carboxylic acids is 1. The maximum atomic E-state index is 12.2. The molecule has 5 heteroatoms. The number of nitrogens with zero attached hydrogens (tertiary/aromatic N) is 2. The van der Waals surface area contributed by atoms with Crippen LogP contribution in [-0.2, 0) is 0 Å². The molecule has 0 aliphatic heterocycles. The summed E-state index contributed by atoms with van der Waals surface area (Å²) >= 11 is 3.28. The number of aromatic nitrogens is 2. The molecule has 2 aromatic rings. The minimum Gasteiger partial charge on any atom is -0.492 e. The summed E-state index contributed by atoms with van der Waals surface area (Å²) in [5.41, 5.74) is 0.862. The zero-order valence-corrected chi connectivity index (χ0v) is 12.1. The van der Waals surface area contributed by atoms with E-state index in [0.29, 0.717) is 23.6 Å². The molecule has 98 valence electrons. The lowest BCUT2D eigenvalue weighted by Crippen LogP contribution is -2.05. The van der Waals surface area contributed by atoms with Crippen molar-refractivity contribution in [2.45, 2.75) is 13.3 Å². The number of hydrogen-bond donors (Lipinski definition) is 0. The van der Waals surface area contributed by atoms with Crippen LogP contribution in [0.25, 0.3) is 0 Å². The number of ether oxygens (including phenoxy) is 1. The Bertz CT molecular complexity index is 570. The second-order valence-electron chi connectivity index (χ2n) is 3.95. The quantitative estimate of drug-likeness (QED) is 0.793. The van der Waals surface area contributed by atoms with E-state index in [2.05, 4.69) is 25.9 Å². The van der Waals surface area contributed by atoms with Crippen molar-refractivity contribution >= 4 is 21.7 Å². The lowest BCUT2D eigenvalue weighted by Gasteiger charge is -2.05. The molecule has 19 heavy (non-hydrogen) atoms. The van der Waals surface area contributed by atoms with E-state index in [-0.39, 0.29) is 5.78 Å².